The number of rotatable bonds is 71. The zero-order valence-corrected chi connectivity index (χ0v) is 62.7. The summed E-state index contributed by atoms with van der Waals surface area (Å²) in [4.78, 5) is 72.8. The van der Waals surface area contributed by atoms with E-state index in [0.717, 1.165) is 120 Å². The molecule has 19 heteroatoms. The summed E-state index contributed by atoms with van der Waals surface area (Å²) in [5.74, 6) is 0.183. The summed E-state index contributed by atoms with van der Waals surface area (Å²) in [5.41, 5.74) is 0. The van der Waals surface area contributed by atoms with Gasteiger partial charge in [0, 0.05) is 25.7 Å². The molecule has 0 saturated carbocycles. The van der Waals surface area contributed by atoms with Crippen LogP contribution in [0.5, 0.6) is 0 Å². The largest absolute Gasteiger partial charge is 0.472 e. The third-order valence-electron chi connectivity index (χ3n) is 17.5. The smallest absolute Gasteiger partial charge is 0.462 e. The molecule has 0 aliphatic carbocycles. The number of hydrogen-bond donors (Lipinski definition) is 3. The summed E-state index contributed by atoms with van der Waals surface area (Å²) in [6.07, 6.45) is 53.3. The first-order valence-corrected chi connectivity index (χ1v) is 41.2. The van der Waals surface area contributed by atoms with E-state index in [-0.39, 0.29) is 25.7 Å². The lowest BCUT2D eigenvalue weighted by Crippen LogP contribution is -2.30. The van der Waals surface area contributed by atoms with Gasteiger partial charge >= 0.3 is 39.5 Å². The summed E-state index contributed by atoms with van der Waals surface area (Å²) < 4.78 is 68.5. The zero-order valence-electron chi connectivity index (χ0n) is 60.9. The Bertz CT molecular complexity index is 1930. The molecule has 0 aromatic heterocycles. The van der Waals surface area contributed by atoms with Crippen molar-refractivity contribution >= 4 is 39.5 Å². The van der Waals surface area contributed by atoms with E-state index in [0.29, 0.717) is 25.7 Å². The van der Waals surface area contributed by atoms with Crippen LogP contribution in [0.3, 0.4) is 0 Å². The van der Waals surface area contributed by atoms with E-state index >= 15 is 0 Å². The molecule has 0 heterocycles. The van der Waals surface area contributed by atoms with E-state index in [1.54, 1.807) is 0 Å². The van der Waals surface area contributed by atoms with E-state index in [9.17, 15) is 43.2 Å². The Morgan fingerprint density at radius 1 is 0.351 bits per heavy atom. The van der Waals surface area contributed by atoms with Gasteiger partial charge in [0.25, 0.3) is 0 Å². The molecule has 0 bridgehead atoms. The van der Waals surface area contributed by atoms with Gasteiger partial charge in [-0.2, -0.15) is 0 Å². The van der Waals surface area contributed by atoms with E-state index in [2.05, 4.69) is 72.8 Å². The SMILES string of the molecule is CCCCCC/C=C\C=C/CCCCCCCC(=O)O[C@H](COC(=O)CCCCCCCCCCCCC(C)CC)COP(=O)(O)OC[C@@H](O)COP(=O)(O)OC[C@@H](COC(=O)CCCCCCCCCCC(C)CC)OC(=O)CCCCCCCCCCCCC(C)C. The van der Waals surface area contributed by atoms with Crippen LogP contribution in [0, 0.1) is 17.8 Å². The predicted molar refractivity (Wildman–Crippen MR) is 381 cm³/mol. The third kappa shape index (κ3) is 65.5. The molecule has 0 aliphatic rings. The molecule has 0 fully saturated rings. The summed E-state index contributed by atoms with van der Waals surface area (Å²) in [5, 5.41) is 10.6. The van der Waals surface area contributed by atoms with Crippen LogP contribution in [0.25, 0.3) is 0 Å². The van der Waals surface area contributed by atoms with Gasteiger partial charge in [-0.3, -0.25) is 37.3 Å². The average Bonchev–Trinajstić information content (AvgIpc) is 2.59. The molecule has 0 aromatic carbocycles. The van der Waals surface area contributed by atoms with Gasteiger partial charge in [0.15, 0.2) is 12.2 Å². The van der Waals surface area contributed by atoms with Gasteiger partial charge in [0.2, 0.25) is 0 Å². The average molecular weight is 1380 g/mol. The van der Waals surface area contributed by atoms with Crippen molar-refractivity contribution in [3.05, 3.63) is 24.3 Å². The van der Waals surface area contributed by atoms with E-state index < -0.39 is 97.5 Å². The van der Waals surface area contributed by atoms with Crippen LogP contribution in [0.4, 0.5) is 0 Å². The molecule has 17 nitrogen and oxygen atoms in total. The zero-order chi connectivity index (χ0) is 69.4. The lowest BCUT2D eigenvalue weighted by Gasteiger charge is -2.21. The lowest BCUT2D eigenvalue weighted by atomic mass is 9.99. The van der Waals surface area contributed by atoms with E-state index in [1.807, 2.05) is 0 Å². The number of carbonyl (C=O) groups excluding carboxylic acids is 4. The van der Waals surface area contributed by atoms with E-state index in [4.69, 9.17) is 37.0 Å². The van der Waals surface area contributed by atoms with Crippen LogP contribution in [-0.4, -0.2) is 96.7 Å². The van der Waals surface area contributed by atoms with Gasteiger partial charge in [-0.15, -0.1) is 0 Å². The molecule has 0 spiro atoms. The minimum Gasteiger partial charge on any atom is -0.462 e. The first-order valence-electron chi connectivity index (χ1n) is 38.2. The highest BCUT2D eigenvalue weighted by atomic mass is 31.2. The van der Waals surface area contributed by atoms with Gasteiger partial charge in [0.1, 0.15) is 19.3 Å². The number of hydrogen-bond acceptors (Lipinski definition) is 15. The maximum Gasteiger partial charge on any atom is 0.472 e. The Labute approximate surface area is 573 Å². The summed E-state index contributed by atoms with van der Waals surface area (Å²) in [6.45, 7) is 11.8. The Kier molecular flexibility index (Phi) is 63.5. The number of aliphatic hydroxyl groups is 1. The minimum atomic E-state index is -4.97. The number of carbonyl (C=O) groups is 4. The minimum absolute atomic E-state index is 0.0845. The summed E-state index contributed by atoms with van der Waals surface area (Å²) in [7, 11) is -9.93. The standard InChI is InChI=1S/C75H142O17P2/c1-8-11-12-13-14-15-16-17-18-19-20-28-37-44-51-58-74(79)91-70(62-85-72(77)56-49-42-35-27-24-22-26-33-40-47-54-67(6)9-2)64-89-93(81,82)87-60-69(76)61-88-94(83,84)90-65-71(63-86-73(78)57-50-43-36-31-30-34-41-48-55-68(7)10-3)92-75(80)59-52-45-38-29-23-21-25-32-39-46-53-66(4)5/h15-18,66-71,76H,8-14,19-65H2,1-7H3,(H,81,82)(H,83,84)/b16-15-,18-17-/t67?,68?,69-,70-,71-/m1/s1. The molecule has 4 unspecified atom stereocenters. The number of phosphoric acid groups is 2. The first kappa shape index (κ1) is 91.5. The molecule has 7 atom stereocenters. The molecular weight excluding hydrogens is 1230 g/mol. The molecule has 0 amide bonds. The normalized spacial score (nSPS) is 14.8. The Balaban J connectivity index is 5.32. The molecular formula is C75H142O17P2. The fraction of sp³-hybridized carbons (Fsp3) is 0.893. The number of aliphatic hydroxyl groups excluding tert-OH is 1. The van der Waals surface area contributed by atoms with Gasteiger partial charge in [0.05, 0.1) is 26.4 Å². The van der Waals surface area contributed by atoms with Crippen LogP contribution < -0.4 is 0 Å². The Morgan fingerprint density at radius 2 is 0.628 bits per heavy atom. The van der Waals surface area contributed by atoms with Crippen LogP contribution in [0.2, 0.25) is 0 Å². The summed E-state index contributed by atoms with van der Waals surface area (Å²) >= 11 is 0. The van der Waals surface area contributed by atoms with Crippen molar-refractivity contribution in [3.63, 3.8) is 0 Å². The number of ether oxygens (including phenoxy) is 4. The van der Waals surface area contributed by atoms with Gasteiger partial charge in [-0.25, -0.2) is 9.13 Å². The number of esters is 4. The molecule has 3 N–H and O–H groups in total. The van der Waals surface area contributed by atoms with Gasteiger partial charge in [-0.05, 0) is 69.1 Å². The molecule has 554 valence electrons. The van der Waals surface area contributed by atoms with Crippen molar-refractivity contribution in [2.24, 2.45) is 17.8 Å². The highest BCUT2D eigenvalue weighted by Gasteiger charge is 2.30. The van der Waals surface area contributed by atoms with Crippen molar-refractivity contribution < 1.29 is 80.2 Å². The number of unbranched alkanes of at least 4 members (excludes halogenated alkanes) is 34. The second kappa shape index (κ2) is 65.2. The van der Waals surface area contributed by atoms with E-state index in [1.165, 1.54) is 154 Å². The second-order valence-electron chi connectivity index (χ2n) is 27.3. The molecule has 0 rings (SSSR count). The van der Waals surface area contributed by atoms with Crippen LogP contribution >= 0.6 is 15.6 Å². The highest BCUT2D eigenvalue weighted by molar-refractivity contribution is 7.47. The predicted octanol–water partition coefficient (Wildman–Crippen LogP) is 21.3. The topological polar surface area (TPSA) is 237 Å². The van der Waals surface area contributed by atoms with Crippen molar-refractivity contribution in [1.29, 1.82) is 0 Å². The molecule has 0 aliphatic heterocycles. The van der Waals surface area contributed by atoms with Crippen LogP contribution in [0.1, 0.15) is 357 Å². The fourth-order valence-corrected chi connectivity index (χ4v) is 12.4. The fourth-order valence-electron chi connectivity index (χ4n) is 10.8. The Morgan fingerprint density at radius 3 is 0.947 bits per heavy atom. The van der Waals surface area contributed by atoms with Gasteiger partial charge in [-0.1, -0.05) is 304 Å². The molecule has 94 heavy (non-hydrogen) atoms. The molecule has 0 radical (unpaired) electrons. The maximum atomic E-state index is 13.1. The monoisotopic (exact) mass is 1380 g/mol. The highest BCUT2D eigenvalue weighted by Crippen LogP contribution is 2.45. The van der Waals surface area contributed by atoms with Crippen LogP contribution in [-0.2, 0) is 65.4 Å². The lowest BCUT2D eigenvalue weighted by molar-refractivity contribution is -0.161. The van der Waals surface area contributed by atoms with Crippen LogP contribution in [0.15, 0.2) is 24.3 Å². The van der Waals surface area contributed by atoms with Crippen molar-refractivity contribution in [3.8, 4) is 0 Å². The maximum absolute atomic E-state index is 13.1. The number of allylic oxidation sites excluding steroid dienone is 4. The van der Waals surface area contributed by atoms with Gasteiger partial charge < -0.3 is 33.8 Å². The molecule has 0 aromatic rings. The van der Waals surface area contributed by atoms with Crippen molar-refractivity contribution in [2.45, 2.75) is 375 Å². The second-order valence-corrected chi connectivity index (χ2v) is 30.2. The first-order chi connectivity index (χ1) is 45.3. The quantitative estimate of drug-likeness (QED) is 0.0169. The summed E-state index contributed by atoms with van der Waals surface area (Å²) in [6, 6.07) is 0. The van der Waals surface area contributed by atoms with Crippen molar-refractivity contribution in [1.82, 2.24) is 0 Å². The Hall–Kier alpha value is -2.46. The number of phosphoric ester groups is 2. The molecule has 0 saturated heterocycles. The van der Waals surface area contributed by atoms with Crippen molar-refractivity contribution in [2.75, 3.05) is 39.6 Å². The third-order valence-corrected chi connectivity index (χ3v) is 19.4.